The first-order chi connectivity index (χ1) is 66.6. The number of fused-ring (bicyclic) bond motifs is 18. The summed E-state index contributed by atoms with van der Waals surface area (Å²) in [5.74, 6) is 7.15. The van der Waals surface area contributed by atoms with Gasteiger partial charge in [-0.2, -0.15) is 0 Å². The van der Waals surface area contributed by atoms with E-state index < -0.39 is 23.3 Å². The van der Waals surface area contributed by atoms with Crippen molar-refractivity contribution < 1.29 is 53.7 Å². The fourth-order valence-corrected chi connectivity index (χ4v) is 32.2. The molecule has 3 heterocycles. The number of hydrogen-bond acceptors (Lipinski definition) is 8. The Morgan fingerprint density at radius 1 is 0.350 bits per heavy atom. The lowest BCUT2D eigenvalue weighted by Crippen LogP contribution is -2.62. The maximum Gasteiger partial charge on any atom is 0.303 e. The highest BCUT2D eigenvalue weighted by atomic mass is 16.4. The van der Waals surface area contributed by atoms with Crippen molar-refractivity contribution in [3.05, 3.63) is 182 Å². The first kappa shape index (κ1) is 108. The first-order valence-electron chi connectivity index (χ1n) is 54.8. The number of aromatic nitrogens is 3. The van der Waals surface area contributed by atoms with Crippen LogP contribution in [-0.2, 0) is 38.4 Å². The summed E-state index contributed by atoms with van der Waals surface area (Å²) in [6.45, 7) is 47.5. The third kappa shape index (κ3) is 21.7. The van der Waals surface area contributed by atoms with Gasteiger partial charge in [0.1, 0.15) is 28.9 Å². The average molecular weight is 1910 g/mol. The lowest BCUT2D eigenvalue weighted by atomic mass is 9.39. The van der Waals surface area contributed by atoms with Gasteiger partial charge in [0.05, 0.1) is 0 Å². The molecule has 0 amide bonds. The maximum absolute atomic E-state index is 13.7. The van der Waals surface area contributed by atoms with Gasteiger partial charge in [0, 0.05) is 131 Å². The van der Waals surface area contributed by atoms with Crippen molar-refractivity contribution >= 4 is 79.5 Å². The number of ketones is 5. The van der Waals surface area contributed by atoms with Crippen LogP contribution in [0.1, 0.15) is 325 Å². The topological polar surface area (TPSA) is 245 Å². The molecule has 24 atom stereocenters. The molecule has 3 aromatic heterocycles. The van der Waals surface area contributed by atoms with E-state index in [4.69, 9.17) is 10.2 Å². The Kier molecular flexibility index (Phi) is 34.3. The van der Waals surface area contributed by atoms with Crippen LogP contribution in [0, 0.1) is 155 Å². The Morgan fingerprint density at radius 2 is 0.714 bits per heavy atom. The number of benzene rings is 6. The van der Waals surface area contributed by atoms with E-state index >= 15 is 0 Å². The number of carboxylic acids is 3. The first-order valence-corrected chi connectivity index (χ1v) is 54.8. The number of H-pyrrole nitrogens is 3. The third-order valence-electron chi connectivity index (χ3n) is 39.9. The Bertz CT molecular complexity index is 5370. The van der Waals surface area contributed by atoms with E-state index in [1.807, 2.05) is 77.9 Å². The Labute approximate surface area is 839 Å². The van der Waals surface area contributed by atoms with E-state index in [-0.39, 0.29) is 75.9 Å². The molecular weight excluding hydrogens is 1730 g/mol. The molecule has 12 fully saturated rings. The van der Waals surface area contributed by atoms with Crippen molar-refractivity contribution in [1.82, 2.24) is 15.0 Å². The molecule has 14 nitrogen and oxygen atoms in total. The van der Waals surface area contributed by atoms with Crippen molar-refractivity contribution in [3.8, 4) is 33.8 Å². The average Bonchev–Trinajstić information content (AvgIpc) is 1.41. The van der Waals surface area contributed by atoms with E-state index in [1.165, 1.54) is 105 Å². The fraction of sp³-hybridized carbons (Fsp3) is 0.603. The van der Waals surface area contributed by atoms with Crippen molar-refractivity contribution in [2.75, 3.05) is 0 Å². The van der Waals surface area contributed by atoms with Crippen molar-refractivity contribution in [1.29, 1.82) is 0 Å². The van der Waals surface area contributed by atoms with Crippen LogP contribution in [0.3, 0.4) is 0 Å². The molecule has 14 heteroatoms. The van der Waals surface area contributed by atoms with Gasteiger partial charge < -0.3 is 30.3 Å². The number of aliphatic carboxylic acids is 3. The van der Waals surface area contributed by atoms with Crippen LogP contribution < -0.4 is 0 Å². The molecule has 140 heavy (non-hydrogen) atoms. The van der Waals surface area contributed by atoms with Crippen LogP contribution >= 0.6 is 0 Å². The number of hydrogen-bond donors (Lipinski definition) is 6. The van der Waals surface area contributed by atoms with Gasteiger partial charge in [0.2, 0.25) is 0 Å². The zero-order chi connectivity index (χ0) is 102. The second kappa shape index (κ2) is 44.5. The highest BCUT2D eigenvalue weighted by Crippen LogP contribution is 2.75. The maximum atomic E-state index is 13.7. The minimum atomic E-state index is -0.766. The highest BCUT2D eigenvalue weighted by molar-refractivity contribution is 5.93. The number of aromatic amines is 3. The monoisotopic (exact) mass is 1900 g/mol. The van der Waals surface area contributed by atoms with Crippen LogP contribution in [0.2, 0.25) is 0 Å². The lowest BCUT2D eigenvalue weighted by molar-refractivity contribution is -0.181. The van der Waals surface area contributed by atoms with Gasteiger partial charge in [-0.25, -0.2) is 0 Å². The zero-order valence-corrected chi connectivity index (χ0v) is 89.1. The van der Waals surface area contributed by atoms with Gasteiger partial charge in [0.25, 0.3) is 0 Å². The van der Waals surface area contributed by atoms with Gasteiger partial charge in [-0.1, -0.05) is 291 Å². The summed E-state index contributed by atoms with van der Waals surface area (Å²) in [4.78, 5) is 109. The Morgan fingerprint density at radius 3 is 1.17 bits per heavy atom. The largest absolute Gasteiger partial charge is 0.481 e. The molecule has 12 aliphatic carbocycles. The van der Waals surface area contributed by atoms with Crippen LogP contribution in [-0.4, -0.2) is 77.1 Å². The zero-order valence-electron chi connectivity index (χ0n) is 89.1. The molecule has 0 bridgehead atoms. The molecule has 0 spiro atoms. The number of carbonyl (C=O) groups is 8. The third-order valence-corrected chi connectivity index (χ3v) is 39.9. The van der Waals surface area contributed by atoms with E-state index in [0.29, 0.717) is 143 Å². The number of Topliss-reactive ketones (excluding diaryl/α,β-unsaturated/α-hetero) is 5. The molecule has 0 aliphatic heterocycles. The number of para-hydroxylation sites is 3. The number of rotatable bonds is 15. The van der Waals surface area contributed by atoms with Crippen molar-refractivity contribution in [2.24, 2.45) is 155 Å². The molecule has 9 aromatic rings. The second-order valence-corrected chi connectivity index (χ2v) is 48.2. The van der Waals surface area contributed by atoms with E-state index in [0.717, 1.165) is 101 Å². The molecule has 0 saturated heterocycles. The second-order valence-electron chi connectivity index (χ2n) is 48.2. The Balaban J connectivity index is 0.000000143. The predicted octanol–water partition coefficient (Wildman–Crippen LogP) is 32.0. The lowest BCUT2D eigenvalue weighted by Gasteiger charge is -2.65. The number of carboxylic acid groups (broad SMARTS) is 3. The predicted molar refractivity (Wildman–Crippen MR) is 572 cm³/mol. The van der Waals surface area contributed by atoms with Gasteiger partial charge in [-0.3, -0.25) is 38.4 Å². The van der Waals surface area contributed by atoms with Crippen LogP contribution in [0.4, 0.5) is 0 Å². The highest BCUT2D eigenvalue weighted by Gasteiger charge is 2.71. The summed E-state index contributed by atoms with van der Waals surface area (Å²) in [5, 5.41) is 31.2. The summed E-state index contributed by atoms with van der Waals surface area (Å²) in [6, 6.07) is 62.7. The molecule has 12 saturated carbocycles. The number of nitrogens with one attached hydrogen (secondary N) is 3. The molecule has 6 N–H and O–H groups in total. The minimum absolute atomic E-state index is 0.0341. The molecule has 21 rings (SSSR count). The van der Waals surface area contributed by atoms with E-state index in [2.05, 4.69) is 264 Å². The van der Waals surface area contributed by atoms with E-state index in [1.54, 1.807) is 0 Å². The summed E-state index contributed by atoms with van der Waals surface area (Å²) < 4.78 is 0. The smallest absolute Gasteiger partial charge is 0.303 e. The molecular formula is C126H173N3O11. The normalized spacial score (nSPS) is 33.0. The molecule has 0 radical (unpaired) electrons. The summed E-state index contributed by atoms with van der Waals surface area (Å²) in [7, 11) is 0. The standard InChI is InChI=1S/2C26H40O4.C26H42O3.3C14H11N.3C2H6/c1-15(6-9-22(29)30)17-7-8-18-23-19(13-21(28)26(17,18)5)25(4)11-10-24(2,3)14-16(25)12-20(23)27;1-15(6-9-22(29)30)18-7-8-19-23-20(14-24(2,3)26(18,19)5)25(4)11-10-17(27)12-16(25)13-21(23)28;1-16(6-9-22(28)29)19-7-8-20-23-21(11-13-26(19,20)5)25(4)12-10-18(27)14-17(25)15-24(23,2)3;3*1-2-6-11(7-3-1)14-10-12-8-4-5-9-13(12)15-14;3*1-2/h15-19,23H,6-14H2,1-5H3,(H,29,30);15-16,18-20,23H,6-14H2,1-5H3,(H,29,30);16-17,19-21,23H,6-15H2,1-5H3,(H,28,29);3*1-10,15H;3*1-2H3/t15-,16?,17-,18+,19+,23+,25+,26-;15-,16?,18-,19+,20+,23+,25+,26-;16-,17?,19-,20+,21+,23+,25+,26-;;;;;;/m111....../s1. The van der Waals surface area contributed by atoms with Gasteiger partial charge >= 0.3 is 17.9 Å². The van der Waals surface area contributed by atoms with Crippen molar-refractivity contribution in [2.45, 2.75) is 325 Å². The summed E-state index contributed by atoms with van der Waals surface area (Å²) in [5.41, 5.74) is 12.0. The minimum Gasteiger partial charge on any atom is -0.481 e. The molecule has 3 unspecified atom stereocenters. The summed E-state index contributed by atoms with van der Waals surface area (Å²) in [6.07, 6.45) is 24.7. The molecule has 12 aliphatic rings. The molecule has 758 valence electrons. The van der Waals surface area contributed by atoms with Gasteiger partial charge in [0.15, 0.2) is 0 Å². The number of carbonyl (C=O) groups excluding carboxylic acids is 5. The fourth-order valence-electron chi connectivity index (χ4n) is 32.2. The van der Waals surface area contributed by atoms with Gasteiger partial charge in [-0.05, 0) is 307 Å². The van der Waals surface area contributed by atoms with Crippen LogP contribution in [0.5, 0.6) is 0 Å². The van der Waals surface area contributed by atoms with Crippen LogP contribution in [0.15, 0.2) is 182 Å². The molecule has 6 aromatic carbocycles. The quantitative estimate of drug-likeness (QED) is 0.0564. The van der Waals surface area contributed by atoms with Crippen molar-refractivity contribution in [3.63, 3.8) is 0 Å². The SMILES string of the molecule is CC.CC.CC.C[C@H](CCC(=O)O)[C@H]1CC[C@H]2[C@@H]3C(=O)CC4CC(=O)CC[C@]4(C)[C@H]3CC(C)(C)[C@]12C.C[C@H](CCC(=O)O)[C@H]1CC[C@H]2[C@@H]3C(=O)CC4CC(C)(C)CC[C@]4(C)[C@H]3CC(=O)[C@]12C.C[C@H](CCC(=O)O)[C@H]1CC[C@H]2[C@H]3[C@H](CC[C@]12C)[C@@]1(C)CCC(=O)CC1CC3(C)C.c1ccc(-c2cc3ccccc3[nH]2)cc1.c1ccc(-c2cc3ccccc3[nH]2)cc1.c1ccc(-c2cc3ccccc3[nH]2)cc1. The summed E-state index contributed by atoms with van der Waals surface area (Å²) >= 11 is 0. The van der Waals surface area contributed by atoms with E-state index in [9.17, 15) is 43.5 Å². The van der Waals surface area contributed by atoms with Gasteiger partial charge in [-0.15, -0.1) is 0 Å². The van der Waals surface area contributed by atoms with Crippen LogP contribution in [0.25, 0.3) is 66.5 Å². The Hall–Kier alpha value is -9.30.